The lowest BCUT2D eigenvalue weighted by molar-refractivity contribution is 1.82. The monoisotopic (exact) mass is 165 g/mol. The summed E-state index contributed by atoms with van der Waals surface area (Å²) >= 11 is 7.22. The highest BCUT2D eigenvalue weighted by molar-refractivity contribution is 7.16. The standard InChI is InChI=1S/C8H2ClS/c9-7-1-2-8-6(5-7)3-4-10-8/h1-2H. The maximum atomic E-state index is 5.69. The van der Waals surface area contributed by atoms with E-state index in [0.29, 0.717) is 5.02 Å². The fraction of sp³-hybridized carbons (Fsp3) is 0. The predicted molar refractivity (Wildman–Crippen MR) is 43.3 cm³/mol. The Morgan fingerprint density at radius 1 is 1.40 bits per heavy atom. The van der Waals surface area contributed by atoms with Gasteiger partial charge in [0.15, 0.2) is 0 Å². The molecule has 47 valence electrons. The summed E-state index contributed by atoms with van der Waals surface area (Å²) in [5, 5.41) is 4.45. The first-order valence-electron chi connectivity index (χ1n) is 2.76. The molecule has 0 aliphatic rings. The first kappa shape index (κ1) is 6.20. The van der Waals surface area contributed by atoms with Gasteiger partial charge in [-0.1, -0.05) is 11.6 Å². The largest absolute Gasteiger partial charge is 0.134 e. The van der Waals surface area contributed by atoms with Crippen LogP contribution in [0, 0.1) is 17.5 Å². The molecule has 1 aromatic carbocycles. The first-order valence-corrected chi connectivity index (χ1v) is 3.95. The summed E-state index contributed by atoms with van der Waals surface area (Å²) in [6.45, 7) is 0. The molecule has 1 aromatic heterocycles. The SMILES string of the molecule is Clc1[c]c2[c][c]sc2cc1. The van der Waals surface area contributed by atoms with Gasteiger partial charge < -0.3 is 0 Å². The summed E-state index contributed by atoms with van der Waals surface area (Å²) < 4.78 is 1.13. The van der Waals surface area contributed by atoms with Crippen LogP contribution in [0.3, 0.4) is 0 Å². The second-order valence-electron chi connectivity index (χ2n) is 1.87. The third-order valence-electron chi connectivity index (χ3n) is 1.21. The van der Waals surface area contributed by atoms with E-state index in [2.05, 4.69) is 17.5 Å². The van der Waals surface area contributed by atoms with Crippen LogP contribution in [0.2, 0.25) is 5.02 Å². The van der Waals surface area contributed by atoms with Gasteiger partial charge in [-0.3, -0.25) is 0 Å². The molecule has 10 heavy (non-hydrogen) atoms. The van der Waals surface area contributed by atoms with Gasteiger partial charge in [-0.05, 0) is 12.1 Å². The number of rotatable bonds is 0. The summed E-state index contributed by atoms with van der Waals surface area (Å²) in [6, 6.07) is 9.64. The van der Waals surface area contributed by atoms with Gasteiger partial charge in [0, 0.05) is 27.2 Å². The van der Waals surface area contributed by atoms with Gasteiger partial charge in [0.25, 0.3) is 0 Å². The average Bonchev–Trinajstić information content (AvgIpc) is 2.33. The van der Waals surface area contributed by atoms with Crippen LogP contribution in [-0.2, 0) is 0 Å². The molecule has 0 fully saturated rings. The van der Waals surface area contributed by atoms with Crippen LogP contribution in [-0.4, -0.2) is 0 Å². The van der Waals surface area contributed by atoms with Gasteiger partial charge in [0.05, 0.1) is 5.38 Å². The summed E-state index contributed by atoms with van der Waals surface area (Å²) in [4.78, 5) is 0. The second kappa shape index (κ2) is 2.26. The van der Waals surface area contributed by atoms with Crippen molar-refractivity contribution in [3.63, 3.8) is 0 Å². The maximum Gasteiger partial charge on any atom is 0.0541 e. The van der Waals surface area contributed by atoms with E-state index in [4.69, 9.17) is 11.6 Å². The molecule has 0 nitrogen and oxygen atoms in total. The quantitative estimate of drug-likeness (QED) is 0.563. The van der Waals surface area contributed by atoms with Gasteiger partial charge in [0.2, 0.25) is 0 Å². The van der Waals surface area contributed by atoms with Crippen LogP contribution in [0.25, 0.3) is 10.1 Å². The van der Waals surface area contributed by atoms with Gasteiger partial charge >= 0.3 is 0 Å². The molecule has 3 radical (unpaired) electrons. The molecule has 0 spiro atoms. The Bertz CT molecular complexity index is 351. The molecule has 0 aliphatic carbocycles. The Morgan fingerprint density at radius 3 is 3.20 bits per heavy atom. The van der Waals surface area contributed by atoms with Crippen LogP contribution < -0.4 is 0 Å². The number of thiophene rings is 1. The summed E-state index contributed by atoms with van der Waals surface area (Å²) in [6.07, 6.45) is 0. The van der Waals surface area contributed by atoms with Crippen molar-refractivity contribution < 1.29 is 0 Å². The molecule has 1 heterocycles. The van der Waals surface area contributed by atoms with Crippen LogP contribution in [0.4, 0.5) is 0 Å². The van der Waals surface area contributed by atoms with Crippen molar-refractivity contribution in [3.05, 3.63) is 34.7 Å². The molecular formula is C8H2ClS. The van der Waals surface area contributed by atoms with Crippen molar-refractivity contribution >= 4 is 33.0 Å². The van der Waals surface area contributed by atoms with Crippen LogP contribution in [0.1, 0.15) is 0 Å². The van der Waals surface area contributed by atoms with Crippen molar-refractivity contribution in [2.75, 3.05) is 0 Å². The molecule has 0 saturated carbocycles. The Morgan fingerprint density at radius 2 is 2.30 bits per heavy atom. The molecule has 0 amide bonds. The zero-order valence-corrected chi connectivity index (χ0v) is 6.51. The lowest BCUT2D eigenvalue weighted by Crippen LogP contribution is -1.63. The maximum absolute atomic E-state index is 5.69. The number of hydrogen-bond donors (Lipinski definition) is 0. The first-order chi connectivity index (χ1) is 4.86. The Hall–Kier alpha value is -0.530. The highest BCUT2D eigenvalue weighted by atomic mass is 35.5. The number of fused-ring (bicyclic) bond motifs is 1. The van der Waals surface area contributed by atoms with E-state index in [9.17, 15) is 0 Å². The van der Waals surface area contributed by atoms with E-state index in [-0.39, 0.29) is 0 Å². The number of benzene rings is 1. The zero-order valence-electron chi connectivity index (χ0n) is 4.94. The van der Waals surface area contributed by atoms with E-state index in [1.54, 1.807) is 0 Å². The summed E-state index contributed by atoms with van der Waals surface area (Å²) in [5.74, 6) is 0. The van der Waals surface area contributed by atoms with Crippen LogP contribution in [0.15, 0.2) is 12.1 Å². The van der Waals surface area contributed by atoms with Crippen molar-refractivity contribution in [2.24, 2.45) is 0 Å². The molecule has 0 saturated heterocycles. The lowest BCUT2D eigenvalue weighted by Gasteiger charge is -1.86. The lowest BCUT2D eigenvalue weighted by atomic mass is 10.3. The highest BCUT2D eigenvalue weighted by Crippen LogP contribution is 2.21. The molecule has 0 bridgehead atoms. The van der Waals surface area contributed by atoms with E-state index in [0.717, 1.165) is 10.1 Å². The molecule has 2 heteroatoms. The third-order valence-corrected chi connectivity index (χ3v) is 2.19. The molecule has 0 atom stereocenters. The minimum atomic E-state index is 0.635. The Balaban J connectivity index is 2.86. The Labute approximate surface area is 68.1 Å². The number of halogens is 1. The minimum absolute atomic E-state index is 0.635. The average molecular weight is 166 g/mol. The number of hydrogen-bond acceptors (Lipinski definition) is 1. The van der Waals surface area contributed by atoms with Crippen molar-refractivity contribution in [2.45, 2.75) is 0 Å². The van der Waals surface area contributed by atoms with Gasteiger partial charge in [-0.2, -0.15) is 0 Å². The van der Waals surface area contributed by atoms with Gasteiger partial charge in [-0.25, -0.2) is 0 Å². The van der Waals surface area contributed by atoms with Crippen molar-refractivity contribution in [3.8, 4) is 0 Å². The highest BCUT2D eigenvalue weighted by Gasteiger charge is 1.94. The third kappa shape index (κ3) is 0.917. The van der Waals surface area contributed by atoms with Crippen LogP contribution in [0.5, 0.6) is 0 Å². The molecule has 2 aromatic rings. The van der Waals surface area contributed by atoms with Gasteiger partial charge in [-0.15, -0.1) is 11.3 Å². The molecular weight excluding hydrogens is 164 g/mol. The summed E-state index contributed by atoms with van der Waals surface area (Å²) in [5.41, 5.74) is 0. The molecule has 0 unspecified atom stereocenters. The van der Waals surface area contributed by atoms with Crippen molar-refractivity contribution in [1.29, 1.82) is 0 Å². The predicted octanol–water partition coefficient (Wildman–Crippen LogP) is 2.96. The topological polar surface area (TPSA) is 0 Å². The van der Waals surface area contributed by atoms with E-state index < -0.39 is 0 Å². The fourth-order valence-corrected chi connectivity index (χ4v) is 1.53. The minimum Gasteiger partial charge on any atom is -0.134 e. The van der Waals surface area contributed by atoms with Gasteiger partial charge in [0.1, 0.15) is 0 Å². The van der Waals surface area contributed by atoms with E-state index >= 15 is 0 Å². The normalized spacial score (nSPS) is 10.5. The van der Waals surface area contributed by atoms with E-state index in [1.807, 2.05) is 12.1 Å². The smallest absolute Gasteiger partial charge is 0.0541 e. The second-order valence-corrected chi connectivity index (χ2v) is 3.13. The molecule has 0 N–H and O–H groups in total. The van der Waals surface area contributed by atoms with E-state index in [1.165, 1.54) is 11.3 Å². The zero-order chi connectivity index (χ0) is 6.97. The summed E-state index contributed by atoms with van der Waals surface area (Å²) in [7, 11) is 0. The fourth-order valence-electron chi connectivity index (χ4n) is 0.764. The van der Waals surface area contributed by atoms with Crippen LogP contribution >= 0.6 is 22.9 Å². The van der Waals surface area contributed by atoms with Crippen molar-refractivity contribution in [1.82, 2.24) is 0 Å². The molecule has 0 aliphatic heterocycles. The Kier molecular flexibility index (Phi) is 1.40. The molecule has 2 rings (SSSR count).